The Bertz CT molecular complexity index is 441. The average molecular weight is 306 g/mol. The molecule has 0 amide bonds. The number of hydrogen-bond acceptors (Lipinski definition) is 3. The van der Waals surface area contributed by atoms with Gasteiger partial charge < -0.3 is 15.4 Å². The van der Waals surface area contributed by atoms with Crippen LogP contribution >= 0.6 is 12.2 Å². The van der Waals surface area contributed by atoms with Crippen molar-refractivity contribution in [2.75, 3.05) is 13.2 Å². The number of thiocarbonyl (C=S) groups is 1. The van der Waals surface area contributed by atoms with Gasteiger partial charge >= 0.3 is 0 Å². The fraction of sp³-hybridized carbons (Fsp3) is 0.588. The van der Waals surface area contributed by atoms with E-state index >= 15 is 0 Å². The van der Waals surface area contributed by atoms with Crippen LogP contribution in [-0.2, 0) is 0 Å². The summed E-state index contributed by atoms with van der Waals surface area (Å²) >= 11 is 5.50. The van der Waals surface area contributed by atoms with Crippen molar-refractivity contribution in [3.8, 4) is 5.75 Å². The molecule has 2 N–H and O–H groups in total. The zero-order valence-electron chi connectivity index (χ0n) is 13.0. The molecule has 0 spiro atoms. The van der Waals surface area contributed by atoms with Gasteiger partial charge in [-0.05, 0) is 57.0 Å². The number of benzene rings is 1. The molecule has 0 aromatic heterocycles. The van der Waals surface area contributed by atoms with Crippen molar-refractivity contribution < 1.29 is 4.74 Å². The lowest BCUT2D eigenvalue weighted by atomic mass is 10.1. The lowest BCUT2D eigenvalue weighted by Gasteiger charge is -2.22. The van der Waals surface area contributed by atoms with Crippen molar-refractivity contribution in [2.45, 2.75) is 51.6 Å². The lowest BCUT2D eigenvalue weighted by Crippen LogP contribution is -2.45. The van der Waals surface area contributed by atoms with Gasteiger partial charge in [0.15, 0.2) is 0 Å². The molecule has 1 aromatic rings. The molecule has 21 heavy (non-hydrogen) atoms. The molecule has 2 rings (SSSR count). The summed E-state index contributed by atoms with van der Waals surface area (Å²) in [5.74, 6) is 0.917. The van der Waals surface area contributed by atoms with Crippen molar-refractivity contribution >= 4 is 17.2 Å². The predicted molar refractivity (Wildman–Crippen MR) is 92.2 cm³/mol. The molecular weight excluding hydrogens is 280 g/mol. The van der Waals surface area contributed by atoms with Gasteiger partial charge in [-0.1, -0.05) is 25.6 Å². The summed E-state index contributed by atoms with van der Waals surface area (Å²) < 4.78 is 5.67. The minimum Gasteiger partial charge on any atom is -0.494 e. The fourth-order valence-corrected chi connectivity index (χ4v) is 2.89. The Morgan fingerprint density at radius 1 is 1.43 bits per heavy atom. The number of nitrogens with one attached hydrogen (secondary N) is 2. The highest BCUT2D eigenvalue weighted by atomic mass is 32.1. The predicted octanol–water partition coefficient (Wildman–Crippen LogP) is 3.27. The smallest absolute Gasteiger partial charge is 0.119 e. The van der Waals surface area contributed by atoms with Crippen LogP contribution in [0.1, 0.15) is 45.1 Å². The molecule has 0 radical (unpaired) electrons. The van der Waals surface area contributed by atoms with Crippen LogP contribution in [0, 0.1) is 0 Å². The molecule has 0 aliphatic carbocycles. The van der Waals surface area contributed by atoms with Crippen LogP contribution < -0.4 is 15.4 Å². The quantitative estimate of drug-likeness (QED) is 0.598. The average Bonchev–Trinajstić information content (AvgIpc) is 3.02. The second-order valence-electron chi connectivity index (χ2n) is 5.69. The van der Waals surface area contributed by atoms with E-state index in [9.17, 15) is 0 Å². The van der Waals surface area contributed by atoms with Gasteiger partial charge in [0.1, 0.15) is 10.7 Å². The molecule has 4 heteroatoms. The standard InChI is InChI=1S/C17H26N2OS/c1-3-4-12-20-15-9-7-14(8-10-15)17(21)19-13(2)16-6-5-11-18-16/h7-10,13,16,18H,3-6,11-12H2,1-2H3,(H,19,21). The van der Waals surface area contributed by atoms with E-state index in [4.69, 9.17) is 17.0 Å². The van der Waals surface area contributed by atoms with Crippen LogP contribution in [0.2, 0.25) is 0 Å². The first kappa shape index (κ1) is 16.2. The molecule has 1 aromatic carbocycles. The van der Waals surface area contributed by atoms with Gasteiger partial charge in [0.25, 0.3) is 0 Å². The van der Waals surface area contributed by atoms with E-state index in [1.165, 1.54) is 12.8 Å². The topological polar surface area (TPSA) is 33.3 Å². The summed E-state index contributed by atoms with van der Waals surface area (Å²) in [6, 6.07) is 8.95. The molecule has 1 aliphatic rings. The Balaban J connectivity index is 1.84. The normalized spacial score (nSPS) is 19.2. The van der Waals surface area contributed by atoms with Gasteiger partial charge in [-0.15, -0.1) is 0 Å². The first-order valence-corrected chi connectivity index (χ1v) is 8.38. The third-order valence-corrected chi connectivity index (χ3v) is 4.30. The zero-order chi connectivity index (χ0) is 15.1. The minimum atomic E-state index is 0.362. The summed E-state index contributed by atoms with van der Waals surface area (Å²) in [5.41, 5.74) is 1.05. The molecule has 2 atom stereocenters. The van der Waals surface area contributed by atoms with Crippen molar-refractivity contribution in [3.63, 3.8) is 0 Å². The van der Waals surface area contributed by atoms with Crippen LogP contribution in [0.25, 0.3) is 0 Å². The van der Waals surface area contributed by atoms with Gasteiger partial charge in [0.05, 0.1) is 6.61 Å². The number of hydrogen-bond donors (Lipinski definition) is 2. The van der Waals surface area contributed by atoms with Gasteiger partial charge in [-0.25, -0.2) is 0 Å². The fourth-order valence-electron chi connectivity index (χ4n) is 2.57. The second kappa shape index (κ2) is 8.35. The van der Waals surface area contributed by atoms with E-state index in [1.807, 2.05) is 24.3 Å². The van der Waals surface area contributed by atoms with E-state index in [2.05, 4.69) is 24.5 Å². The van der Waals surface area contributed by atoms with Gasteiger partial charge in [-0.3, -0.25) is 0 Å². The molecule has 0 saturated carbocycles. The second-order valence-corrected chi connectivity index (χ2v) is 6.10. The van der Waals surface area contributed by atoms with Crippen LogP contribution in [0.5, 0.6) is 5.75 Å². The van der Waals surface area contributed by atoms with Gasteiger partial charge in [0.2, 0.25) is 0 Å². The van der Waals surface area contributed by atoms with Crippen LogP contribution in [0.15, 0.2) is 24.3 Å². The Morgan fingerprint density at radius 3 is 2.81 bits per heavy atom. The molecule has 1 heterocycles. The molecule has 2 unspecified atom stereocenters. The maximum Gasteiger partial charge on any atom is 0.119 e. The van der Waals surface area contributed by atoms with E-state index in [0.29, 0.717) is 12.1 Å². The highest BCUT2D eigenvalue weighted by molar-refractivity contribution is 7.80. The van der Waals surface area contributed by atoms with E-state index < -0.39 is 0 Å². The van der Waals surface area contributed by atoms with E-state index in [0.717, 1.165) is 42.3 Å². The van der Waals surface area contributed by atoms with E-state index in [-0.39, 0.29) is 0 Å². The summed E-state index contributed by atoms with van der Waals surface area (Å²) in [4.78, 5) is 0.816. The summed E-state index contributed by atoms with van der Waals surface area (Å²) in [7, 11) is 0. The third kappa shape index (κ3) is 4.97. The van der Waals surface area contributed by atoms with Crippen molar-refractivity contribution in [1.29, 1.82) is 0 Å². The third-order valence-electron chi connectivity index (χ3n) is 3.94. The zero-order valence-corrected chi connectivity index (χ0v) is 13.8. The molecule has 1 aliphatic heterocycles. The highest BCUT2D eigenvalue weighted by Gasteiger charge is 2.21. The Hall–Kier alpha value is -1.13. The SMILES string of the molecule is CCCCOc1ccc(C(=S)NC(C)C2CCCN2)cc1. The van der Waals surface area contributed by atoms with Crippen molar-refractivity contribution in [1.82, 2.24) is 10.6 Å². The first-order valence-electron chi connectivity index (χ1n) is 7.98. The number of ether oxygens (including phenoxy) is 1. The molecule has 1 fully saturated rings. The van der Waals surface area contributed by atoms with Crippen LogP contribution in [-0.4, -0.2) is 30.2 Å². The summed E-state index contributed by atoms with van der Waals surface area (Å²) in [5, 5.41) is 6.95. The van der Waals surface area contributed by atoms with Crippen molar-refractivity contribution in [3.05, 3.63) is 29.8 Å². The number of unbranched alkanes of at least 4 members (excludes halogenated alkanes) is 1. The maximum absolute atomic E-state index is 5.67. The number of rotatable bonds is 7. The largest absolute Gasteiger partial charge is 0.494 e. The first-order chi connectivity index (χ1) is 10.2. The molecular formula is C17H26N2OS. The molecule has 3 nitrogen and oxygen atoms in total. The van der Waals surface area contributed by atoms with Crippen LogP contribution in [0.3, 0.4) is 0 Å². The Morgan fingerprint density at radius 2 is 2.19 bits per heavy atom. The Labute approximate surface area is 133 Å². The minimum absolute atomic E-state index is 0.362. The Kier molecular flexibility index (Phi) is 6.46. The maximum atomic E-state index is 5.67. The molecule has 1 saturated heterocycles. The highest BCUT2D eigenvalue weighted by Crippen LogP contribution is 2.14. The molecule has 0 bridgehead atoms. The van der Waals surface area contributed by atoms with Gasteiger partial charge in [-0.2, -0.15) is 0 Å². The summed E-state index contributed by atoms with van der Waals surface area (Å²) in [6.45, 7) is 6.25. The monoisotopic (exact) mass is 306 g/mol. The summed E-state index contributed by atoms with van der Waals surface area (Å²) in [6.07, 6.45) is 4.72. The van der Waals surface area contributed by atoms with Crippen LogP contribution in [0.4, 0.5) is 0 Å². The van der Waals surface area contributed by atoms with Gasteiger partial charge in [0, 0.05) is 17.6 Å². The lowest BCUT2D eigenvalue weighted by molar-refractivity contribution is 0.309. The van der Waals surface area contributed by atoms with Crippen molar-refractivity contribution in [2.24, 2.45) is 0 Å². The van der Waals surface area contributed by atoms with E-state index in [1.54, 1.807) is 0 Å². The molecule has 116 valence electrons.